The molecule has 1 aliphatic rings. The number of allylic oxidation sites excluding steroid dienone is 2. The third kappa shape index (κ3) is 2.58. The standard InChI is InChI=1S/C10H18ClN3/c1-6-3-2-4-7(9(11)12)8(5-6)10(13)14/h6H,2-5,12-14H2,1H3/b9-7-. The molecule has 4 heteroatoms. The number of hydrogen-bond acceptors (Lipinski definition) is 3. The summed E-state index contributed by atoms with van der Waals surface area (Å²) in [7, 11) is 0. The highest BCUT2D eigenvalue weighted by Crippen LogP contribution is 2.33. The lowest BCUT2D eigenvalue weighted by Gasteiger charge is -2.12. The van der Waals surface area contributed by atoms with Crippen molar-refractivity contribution < 1.29 is 0 Å². The van der Waals surface area contributed by atoms with Crippen molar-refractivity contribution in [2.75, 3.05) is 0 Å². The van der Waals surface area contributed by atoms with Crippen molar-refractivity contribution >= 4 is 11.6 Å². The SMILES string of the molecule is CC1CCC/C(=C(/N)Cl)C(=C(N)N)C1. The van der Waals surface area contributed by atoms with Gasteiger partial charge in [0, 0.05) is 0 Å². The van der Waals surface area contributed by atoms with E-state index in [2.05, 4.69) is 6.92 Å². The maximum absolute atomic E-state index is 5.83. The van der Waals surface area contributed by atoms with E-state index in [9.17, 15) is 0 Å². The summed E-state index contributed by atoms with van der Waals surface area (Å²) < 4.78 is 0. The van der Waals surface area contributed by atoms with Crippen LogP contribution in [0.15, 0.2) is 22.1 Å². The van der Waals surface area contributed by atoms with Gasteiger partial charge in [-0.25, -0.2) is 0 Å². The summed E-state index contributed by atoms with van der Waals surface area (Å²) in [6.45, 7) is 2.19. The van der Waals surface area contributed by atoms with E-state index in [1.54, 1.807) is 0 Å². The van der Waals surface area contributed by atoms with Crippen molar-refractivity contribution in [3.63, 3.8) is 0 Å². The highest BCUT2D eigenvalue weighted by molar-refractivity contribution is 6.29. The minimum absolute atomic E-state index is 0.336. The largest absolute Gasteiger partial charge is 0.389 e. The van der Waals surface area contributed by atoms with Crippen LogP contribution in [0.25, 0.3) is 0 Å². The predicted octanol–water partition coefficient (Wildman–Crippen LogP) is 1.73. The molecule has 0 bridgehead atoms. The number of halogens is 1. The van der Waals surface area contributed by atoms with Gasteiger partial charge in [0.2, 0.25) is 0 Å². The fraction of sp³-hybridized carbons (Fsp3) is 0.600. The van der Waals surface area contributed by atoms with E-state index in [0.717, 1.165) is 30.4 Å². The highest BCUT2D eigenvalue weighted by atomic mass is 35.5. The predicted molar refractivity (Wildman–Crippen MR) is 60.1 cm³/mol. The first kappa shape index (κ1) is 11.2. The topological polar surface area (TPSA) is 78.1 Å². The average molecular weight is 216 g/mol. The lowest BCUT2D eigenvalue weighted by Crippen LogP contribution is -2.15. The normalized spacial score (nSPS) is 27.0. The van der Waals surface area contributed by atoms with Crippen LogP contribution in [0, 0.1) is 5.92 Å². The van der Waals surface area contributed by atoms with Crippen molar-refractivity contribution in [1.82, 2.24) is 0 Å². The average Bonchev–Trinajstić information content (AvgIpc) is 2.26. The van der Waals surface area contributed by atoms with Gasteiger partial charge in [0.1, 0.15) is 5.16 Å². The number of nitrogens with two attached hydrogens (primary N) is 3. The van der Waals surface area contributed by atoms with Gasteiger partial charge in [-0.3, -0.25) is 0 Å². The van der Waals surface area contributed by atoms with Crippen LogP contribution in [-0.4, -0.2) is 0 Å². The Balaban J connectivity index is 3.05. The minimum atomic E-state index is 0.336. The molecule has 80 valence electrons. The molecule has 1 fully saturated rings. The second-order valence-electron chi connectivity index (χ2n) is 3.96. The molecule has 0 radical (unpaired) electrons. The molecule has 14 heavy (non-hydrogen) atoms. The molecular weight excluding hydrogens is 198 g/mol. The summed E-state index contributed by atoms with van der Waals surface area (Å²) in [4.78, 5) is 0. The number of hydrogen-bond donors (Lipinski definition) is 3. The van der Waals surface area contributed by atoms with Crippen LogP contribution in [0.3, 0.4) is 0 Å². The fourth-order valence-corrected chi connectivity index (χ4v) is 2.12. The van der Waals surface area contributed by atoms with Crippen LogP contribution in [0.5, 0.6) is 0 Å². The van der Waals surface area contributed by atoms with E-state index in [0.29, 0.717) is 16.9 Å². The van der Waals surface area contributed by atoms with Gasteiger partial charge < -0.3 is 17.2 Å². The second kappa shape index (κ2) is 4.60. The summed E-state index contributed by atoms with van der Waals surface area (Å²) in [5.41, 5.74) is 18.8. The summed E-state index contributed by atoms with van der Waals surface area (Å²) >= 11 is 5.83. The van der Waals surface area contributed by atoms with Gasteiger partial charge in [-0.2, -0.15) is 0 Å². The fourth-order valence-electron chi connectivity index (χ4n) is 1.91. The van der Waals surface area contributed by atoms with Gasteiger partial charge in [0.25, 0.3) is 0 Å². The van der Waals surface area contributed by atoms with Crippen LogP contribution >= 0.6 is 11.6 Å². The Morgan fingerprint density at radius 2 is 1.93 bits per heavy atom. The molecule has 0 amide bonds. The van der Waals surface area contributed by atoms with Crippen LogP contribution in [-0.2, 0) is 0 Å². The molecule has 0 aliphatic heterocycles. The lowest BCUT2D eigenvalue weighted by molar-refractivity contribution is 0.530. The Labute approximate surface area is 90.0 Å². The van der Waals surface area contributed by atoms with Gasteiger partial charge in [-0.05, 0) is 36.3 Å². The molecule has 1 atom stereocenters. The zero-order valence-corrected chi connectivity index (χ0v) is 9.27. The van der Waals surface area contributed by atoms with E-state index < -0.39 is 0 Å². The van der Waals surface area contributed by atoms with Crippen LogP contribution in [0.4, 0.5) is 0 Å². The highest BCUT2D eigenvalue weighted by Gasteiger charge is 2.19. The quantitative estimate of drug-likeness (QED) is 0.426. The maximum Gasteiger partial charge on any atom is 0.103 e. The molecule has 1 unspecified atom stereocenters. The van der Waals surface area contributed by atoms with Crippen molar-refractivity contribution in [3.8, 4) is 0 Å². The van der Waals surface area contributed by atoms with Crippen LogP contribution in [0.1, 0.15) is 32.6 Å². The van der Waals surface area contributed by atoms with Gasteiger partial charge in [0.05, 0.1) is 5.82 Å². The molecule has 0 spiro atoms. The molecule has 3 nitrogen and oxygen atoms in total. The van der Waals surface area contributed by atoms with Gasteiger partial charge in [-0.1, -0.05) is 24.9 Å². The zero-order chi connectivity index (χ0) is 10.7. The van der Waals surface area contributed by atoms with Crippen molar-refractivity contribution in [2.24, 2.45) is 23.1 Å². The van der Waals surface area contributed by atoms with Crippen LogP contribution in [0.2, 0.25) is 0 Å². The molecular formula is C10H18ClN3. The van der Waals surface area contributed by atoms with Gasteiger partial charge in [0.15, 0.2) is 0 Å². The maximum atomic E-state index is 5.83. The van der Waals surface area contributed by atoms with Gasteiger partial charge in [-0.15, -0.1) is 0 Å². The Kier molecular flexibility index (Phi) is 3.69. The summed E-state index contributed by atoms with van der Waals surface area (Å²) in [6.07, 6.45) is 4.03. The smallest absolute Gasteiger partial charge is 0.103 e. The molecule has 1 saturated carbocycles. The Hall–Kier alpha value is -0.830. The third-order valence-electron chi connectivity index (χ3n) is 2.68. The van der Waals surface area contributed by atoms with E-state index in [1.165, 1.54) is 6.42 Å². The third-order valence-corrected chi connectivity index (χ3v) is 2.91. The minimum Gasteiger partial charge on any atom is -0.389 e. The molecule has 1 aliphatic carbocycles. The van der Waals surface area contributed by atoms with Crippen LogP contribution < -0.4 is 17.2 Å². The number of rotatable bonds is 0. The monoisotopic (exact) mass is 215 g/mol. The van der Waals surface area contributed by atoms with E-state index in [4.69, 9.17) is 28.8 Å². The van der Waals surface area contributed by atoms with E-state index in [1.807, 2.05) is 0 Å². The molecule has 6 N–H and O–H groups in total. The molecule has 0 heterocycles. The van der Waals surface area contributed by atoms with Gasteiger partial charge >= 0.3 is 0 Å². The zero-order valence-electron chi connectivity index (χ0n) is 8.52. The van der Waals surface area contributed by atoms with E-state index >= 15 is 0 Å². The molecule has 0 saturated heterocycles. The van der Waals surface area contributed by atoms with E-state index in [-0.39, 0.29) is 0 Å². The molecule has 0 aromatic rings. The lowest BCUT2D eigenvalue weighted by atomic mass is 9.97. The first-order valence-electron chi connectivity index (χ1n) is 4.91. The first-order chi connectivity index (χ1) is 6.52. The Bertz CT molecular complexity index is 273. The molecule has 0 aromatic heterocycles. The first-order valence-corrected chi connectivity index (χ1v) is 5.28. The van der Waals surface area contributed by atoms with Crippen molar-refractivity contribution in [2.45, 2.75) is 32.6 Å². The summed E-state index contributed by atoms with van der Waals surface area (Å²) in [5.74, 6) is 0.956. The molecule has 1 rings (SSSR count). The summed E-state index contributed by atoms with van der Waals surface area (Å²) in [6, 6.07) is 0. The summed E-state index contributed by atoms with van der Waals surface area (Å²) in [5, 5.41) is 0.336. The van der Waals surface area contributed by atoms with Crippen molar-refractivity contribution in [3.05, 3.63) is 22.1 Å². The Morgan fingerprint density at radius 1 is 1.29 bits per heavy atom. The molecule has 0 aromatic carbocycles. The second-order valence-corrected chi connectivity index (χ2v) is 4.37. The Morgan fingerprint density at radius 3 is 2.43 bits per heavy atom. The van der Waals surface area contributed by atoms with Crippen molar-refractivity contribution in [1.29, 1.82) is 0 Å².